The number of hydrogen-bond acceptors (Lipinski definition) is 3. The highest BCUT2D eigenvalue weighted by molar-refractivity contribution is 5.79. The third-order valence-electron chi connectivity index (χ3n) is 7.71. The fourth-order valence-corrected chi connectivity index (χ4v) is 5.67. The van der Waals surface area contributed by atoms with E-state index in [9.17, 15) is 9.59 Å². The Morgan fingerprint density at radius 1 is 1.06 bits per heavy atom. The number of piperidine rings is 1. The van der Waals surface area contributed by atoms with Crippen molar-refractivity contribution in [3.8, 4) is 0 Å². The Hall–Kier alpha value is -1.91. The smallest absolute Gasteiger partial charge is 0.225 e. The molecule has 1 aliphatic carbocycles. The van der Waals surface area contributed by atoms with Crippen molar-refractivity contribution in [3.05, 3.63) is 30.1 Å². The predicted molar refractivity (Wildman–Crippen MR) is 134 cm³/mol. The number of pyridine rings is 1. The van der Waals surface area contributed by atoms with Crippen molar-refractivity contribution in [1.29, 1.82) is 0 Å². The number of likely N-dealkylation sites (tertiary alicyclic amines) is 1. The van der Waals surface area contributed by atoms with Gasteiger partial charge in [-0.2, -0.15) is 0 Å². The number of nitrogens with zero attached hydrogens (tertiary/aromatic N) is 2. The van der Waals surface area contributed by atoms with Gasteiger partial charge in [0.05, 0.1) is 0 Å². The van der Waals surface area contributed by atoms with Crippen LogP contribution in [-0.4, -0.2) is 40.3 Å². The summed E-state index contributed by atoms with van der Waals surface area (Å²) in [5.74, 6) is 2.22. The van der Waals surface area contributed by atoms with E-state index in [-0.39, 0.29) is 23.3 Å². The molecule has 2 fully saturated rings. The molecular formula is C28H45N3O2. The average Bonchev–Trinajstić information content (AvgIpc) is 2.81. The molecule has 0 spiro atoms. The van der Waals surface area contributed by atoms with Gasteiger partial charge in [0, 0.05) is 42.9 Å². The normalized spacial score (nSPS) is 23.2. The average molecular weight is 456 g/mol. The molecule has 0 aromatic carbocycles. The first-order chi connectivity index (χ1) is 15.8. The van der Waals surface area contributed by atoms with E-state index in [0.717, 1.165) is 76.8 Å². The summed E-state index contributed by atoms with van der Waals surface area (Å²) in [7, 11) is 0. The number of nitrogens with one attached hydrogen (secondary N) is 1. The summed E-state index contributed by atoms with van der Waals surface area (Å²) in [6.07, 6.45) is 14.4. The molecule has 2 aliphatic rings. The number of hydrogen-bond donors (Lipinski definition) is 1. The van der Waals surface area contributed by atoms with Crippen LogP contribution in [0.5, 0.6) is 0 Å². The molecule has 33 heavy (non-hydrogen) atoms. The van der Waals surface area contributed by atoms with E-state index in [4.69, 9.17) is 0 Å². The zero-order valence-electron chi connectivity index (χ0n) is 21.3. The lowest BCUT2D eigenvalue weighted by molar-refractivity contribution is -0.138. The molecule has 0 radical (unpaired) electrons. The highest BCUT2D eigenvalue weighted by atomic mass is 16.2. The monoisotopic (exact) mass is 455 g/mol. The van der Waals surface area contributed by atoms with Gasteiger partial charge in [-0.1, -0.05) is 19.8 Å². The summed E-state index contributed by atoms with van der Waals surface area (Å²) in [6.45, 7) is 10.0. The minimum atomic E-state index is -0.163. The molecule has 1 aromatic heterocycles. The third-order valence-corrected chi connectivity index (χ3v) is 7.71. The summed E-state index contributed by atoms with van der Waals surface area (Å²) in [4.78, 5) is 31.8. The molecule has 2 heterocycles. The second-order valence-corrected chi connectivity index (χ2v) is 11.4. The van der Waals surface area contributed by atoms with Crippen LogP contribution in [0.3, 0.4) is 0 Å². The highest BCUT2D eigenvalue weighted by Crippen LogP contribution is 2.35. The van der Waals surface area contributed by atoms with E-state index in [1.807, 2.05) is 33.2 Å². The molecular weight excluding hydrogens is 410 g/mol. The predicted octanol–water partition coefficient (Wildman–Crippen LogP) is 5.71. The summed E-state index contributed by atoms with van der Waals surface area (Å²) in [5.41, 5.74) is 1.20. The maximum Gasteiger partial charge on any atom is 0.225 e. The van der Waals surface area contributed by atoms with Crippen molar-refractivity contribution in [2.45, 2.75) is 103 Å². The van der Waals surface area contributed by atoms with Gasteiger partial charge in [0.15, 0.2) is 0 Å². The van der Waals surface area contributed by atoms with Gasteiger partial charge in [-0.3, -0.25) is 14.6 Å². The fourth-order valence-electron chi connectivity index (χ4n) is 5.67. The number of amides is 2. The molecule has 1 N–H and O–H groups in total. The molecule has 3 rings (SSSR count). The van der Waals surface area contributed by atoms with Gasteiger partial charge in [-0.25, -0.2) is 0 Å². The van der Waals surface area contributed by atoms with Crippen molar-refractivity contribution < 1.29 is 9.59 Å². The number of rotatable bonds is 8. The summed E-state index contributed by atoms with van der Waals surface area (Å²) < 4.78 is 0. The first-order valence-corrected chi connectivity index (χ1v) is 13.3. The van der Waals surface area contributed by atoms with Crippen LogP contribution >= 0.6 is 0 Å². The third kappa shape index (κ3) is 7.82. The van der Waals surface area contributed by atoms with Gasteiger partial charge < -0.3 is 10.2 Å². The van der Waals surface area contributed by atoms with Gasteiger partial charge in [0.1, 0.15) is 0 Å². The van der Waals surface area contributed by atoms with Gasteiger partial charge in [0.2, 0.25) is 11.8 Å². The summed E-state index contributed by atoms with van der Waals surface area (Å²) >= 11 is 0. The Kier molecular flexibility index (Phi) is 9.34. The molecule has 2 amide bonds. The molecule has 1 saturated carbocycles. The van der Waals surface area contributed by atoms with E-state index in [1.54, 1.807) is 0 Å². The van der Waals surface area contributed by atoms with Gasteiger partial charge >= 0.3 is 0 Å². The molecule has 5 nitrogen and oxygen atoms in total. The van der Waals surface area contributed by atoms with Crippen LogP contribution in [0.4, 0.5) is 0 Å². The lowest BCUT2D eigenvalue weighted by atomic mass is 9.78. The molecule has 1 saturated heterocycles. The molecule has 1 atom stereocenters. The molecule has 0 unspecified atom stereocenters. The topological polar surface area (TPSA) is 62.3 Å². The van der Waals surface area contributed by atoms with E-state index < -0.39 is 0 Å². The highest BCUT2D eigenvalue weighted by Gasteiger charge is 2.32. The number of carbonyl (C=O) groups excluding carboxylic acids is 2. The van der Waals surface area contributed by atoms with E-state index in [1.165, 1.54) is 12.0 Å². The van der Waals surface area contributed by atoms with E-state index in [2.05, 4.69) is 34.3 Å². The van der Waals surface area contributed by atoms with Crippen LogP contribution in [0.15, 0.2) is 24.5 Å². The standard InChI is InChI=1S/C28H45N3O2/c1-5-22(26(32)30-28(2,3)4)8-6-7-21-9-11-25(12-10-21)27(33)31-19-15-24(16-20-31)23-13-17-29-18-14-23/h13-14,17-18,21-22,24-25H,5-12,15-16,19-20H2,1-4H3,(H,30,32)/t21?,22-,25?/m1/s1. The van der Waals surface area contributed by atoms with E-state index in [0.29, 0.717) is 11.8 Å². The minimum absolute atomic E-state index is 0.122. The molecule has 5 heteroatoms. The zero-order chi connectivity index (χ0) is 23.8. The molecule has 184 valence electrons. The Bertz CT molecular complexity index is 742. The number of aromatic nitrogens is 1. The maximum atomic E-state index is 13.1. The Labute approximate surface area is 201 Å². The van der Waals surface area contributed by atoms with Crippen LogP contribution in [0.25, 0.3) is 0 Å². The fraction of sp³-hybridized carbons (Fsp3) is 0.750. The van der Waals surface area contributed by atoms with Crippen molar-refractivity contribution in [1.82, 2.24) is 15.2 Å². The van der Waals surface area contributed by atoms with Crippen molar-refractivity contribution in [2.75, 3.05) is 13.1 Å². The van der Waals surface area contributed by atoms with Gasteiger partial charge in [-0.15, -0.1) is 0 Å². The zero-order valence-corrected chi connectivity index (χ0v) is 21.3. The lowest BCUT2D eigenvalue weighted by Crippen LogP contribution is -2.43. The Balaban J connectivity index is 1.35. The summed E-state index contributed by atoms with van der Waals surface area (Å²) in [6, 6.07) is 4.23. The first-order valence-electron chi connectivity index (χ1n) is 13.3. The van der Waals surface area contributed by atoms with Gasteiger partial charge in [0.25, 0.3) is 0 Å². The van der Waals surface area contributed by atoms with E-state index >= 15 is 0 Å². The molecule has 1 aromatic rings. The minimum Gasteiger partial charge on any atom is -0.351 e. The van der Waals surface area contributed by atoms with Crippen LogP contribution in [0, 0.1) is 17.8 Å². The quantitative estimate of drug-likeness (QED) is 0.546. The largest absolute Gasteiger partial charge is 0.351 e. The Morgan fingerprint density at radius 3 is 2.27 bits per heavy atom. The second-order valence-electron chi connectivity index (χ2n) is 11.4. The van der Waals surface area contributed by atoms with Crippen molar-refractivity contribution in [2.24, 2.45) is 17.8 Å². The van der Waals surface area contributed by atoms with Crippen LogP contribution in [-0.2, 0) is 9.59 Å². The SMILES string of the molecule is CC[C@H](CCCC1CCC(C(=O)N2CCC(c3ccncc3)CC2)CC1)C(=O)NC(C)(C)C. The first kappa shape index (κ1) is 25.7. The summed E-state index contributed by atoms with van der Waals surface area (Å²) in [5, 5.41) is 3.14. The Morgan fingerprint density at radius 2 is 1.70 bits per heavy atom. The maximum absolute atomic E-state index is 13.1. The molecule has 0 bridgehead atoms. The van der Waals surface area contributed by atoms with Crippen molar-refractivity contribution >= 4 is 11.8 Å². The number of carbonyl (C=O) groups is 2. The second kappa shape index (κ2) is 12.0. The van der Waals surface area contributed by atoms with Crippen LogP contribution < -0.4 is 5.32 Å². The lowest BCUT2D eigenvalue weighted by Gasteiger charge is -2.36. The van der Waals surface area contributed by atoms with Gasteiger partial charge in [-0.05, 0) is 102 Å². The van der Waals surface area contributed by atoms with Crippen LogP contribution in [0.2, 0.25) is 0 Å². The molecule has 1 aliphatic heterocycles. The van der Waals surface area contributed by atoms with Crippen molar-refractivity contribution in [3.63, 3.8) is 0 Å². The van der Waals surface area contributed by atoms with Crippen LogP contribution in [0.1, 0.15) is 103 Å².